The summed E-state index contributed by atoms with van der Waals surface area (Å²) in [6.45, 7) is 0.419. The molecule has 144 valence electrons. The summed E-state index contributed by atoms with van der Waals surface area (Å²) in [7, 11) is 1.60. The van der Waals surface area contributed by atoms with Crippen LogP contribution in [-0.2, 0) is 9.59 Å². The van der Waals surface area contributed by atoms with Crippen molar-refractivity contribution in [2.24, 2.45) is 0 Å². The molecule has 0 unspecified atom stereocenters. The highest BCUT2D eigenvalue weighted by atomic mass is 32.2. The summed E-state index contributed by atoms with van der Waals surface area (Å²) in [4.78, 5) is 26.8. The number of hydrogen-bond acceptors (Lipinski definition) is 5. The molecule has 0 aliphatic carbocycles. The smallest absolute Gasteiger partial charge is 0.266 e. The Bertz CT molecular complexity index is 913. The SMILES string of the molecule is COc1cccc(C=C2SC(=S)N(CCCC(=O)Nc3ccccc3)C2=O)c1. The summed E-state index contributed by atoms with van der Waals surface area (Å²) < 4.78 is 5.73. The van der Waals surface area contributed by atoms with Crippen LogP contribution in [0.5, 0.6) is 5.75 Å². The van der Waals surface area contributed by atoms with Crippen LogP contribution in [0.1, 0.15) is 18.4 Å². The Morgan fingerprint density at radius 3 is 2.75 bits per heavy atom. The maximum absolute atomic E-state index is 12.7. The number of nitrogens with zero attached hydrogens (tertiary/aromatic N) is 1. The molecule has 0 aromatic heterocycles. The van der Waals surface area contributed by atoms with Crippen molar-refractivity contribution in [2.45, 2.75) is 12.8 Å². The molecule has 0 bridgehead atoms. The highest BCUT2D eigenvalue weighted by Crippen LogP contribution is 2.33. The first-order valence-electron chi connectivity index (χ1n) is 8.81. The van der Waals surface area contributed by atoms with Crippen LogP contribution in [0.3, 0.4) is 0 Å². The molecule has 2 aromatic carbocycles. The van der Waals surface area contributed by atoms with E-state index in [1.807, 2.05) is 60.7 Å². The average molecular weight is 413 g/mol. The van der Waals surface area contributed by atoms with Gasteiger partial charge in [-0.05, 0) is 42.3 Å². The van der Waals surface area contributed by atoms with Crippen LogP contribution in [0.15, 0.2) is 59.5 Å². The second-order valence-electron chi connectivity index (χ2n) is 6.13. The lowest BCUT2D eigenvalue weighted by molar-refractivity contribution is -0.122. The number of carbonyl (C=O) groups excluding carboxylic acids is 2. The fourth-order valence-corrected chi connectivity index (χ4v) is 4.03. The van der Waals surface area contributed by atoms with Gasteiger partial charge in [0.25, 0.3) is 5.91 Å². The van der Waals surface area contributed by atoms with E-state index in [4.69, 9.17) is 17.0 Å². The number of para-hydroxylation sites is 1. The molecular formula is C21H20N2O3S2. The number of carbonyl (C=O) groups is 2. The van der Waals surface area contributed by atoms with Crippen molar-refractivity contribution in [1.82, 2.24) is 4.90 Å². The molecule has 0 radical (unpaired) electrons. The minimum Gasteiger partial charge on any atom is -0.497 e. The summed E-state index contributed by atoms with van der Waals surface area (Å²) >= 11 is 6.62. The Balaban J connectivity index is 1.55. The second-order valence-corrected chi connectivity index (χ2v) is 7.80. The number of rotatable bonds is 7. The van der Waals surface area contributed by atoms with E-state index in [0.29, 0.717) is 28.6 Å². The highest BCUT2D eigenvalue weighted by Gasteiger charge is 2.31. The number of amides is 2. The molecule has 5 nitrogen and oxygen atoms in total. The van der Waals surface area contributed by atoms with Gasteiger partial charge in [0.15, 0.2) is 0 Å². The number of ether oxygens (including phenoxy) is 1. The monoisotopic (exact) mass is 412 g/mol. The fourth-order valence-electron chi connectivity index (χ4n) is 2.72. The minimum atomic E-state index is -0.124. The first-order chi connectivity index (χ1) is 13.6. The fraction of sp³-hybridized carbons (Fsp3) is 0.190. The lowest BCUT2D eigenvalue weighted by atomic mass is 10.2. The van der Waals surface area contributed by atoms with Gasteiger partial charge in [-0.3, -0.25) is 14.5 Å². The van der Waals surface area contributed by atoms with Crippen molar-refractivity contribution in [1.29, 1.82) is 0 Å². The van der Waals surface area contributed by atoms with Crippen molar-refractivity contribution < 1.29 is 14.3 Å². The molecule has 3 rings (SSSR count). The van der Waals surface area contributed by atoms with E-state index in [2.05, 4.69) is 5.32 Å². The third-order valence-corrected chi connectivity index (χ3v) is 5.49. The molecule has 0 atom stereocenters. The minimum absolute atomic E-state index is 0.0800. The number of hydrogen-bond donors (Lipinski definition) is 1. The van der Waals surface area contributed by atoms with Gasteiger partial charge in [0, 0.05) is 18.7 Å². The van der Waals surface area contributed by atoms with Gasteiger partial charge in [0.1, 0.15) is 10.1 Å². The van der Waals surface area contributed by atoms with Gasteiger partial charge in [0.2, 0.25) is 5.91 Å². The summed E-state index contributed by atoms with van der Waals surface area (Å²) in [5, 5.41) is 2.84. The van der Waals surface area contributed by atoms with Crippen molar-refractivity contribution >= 4 is 51.9 Å². The standard InChI is InChI=1S/C21H20N2O3S2/c1-26-17-10-5-7-15(13-17)14-18-20(25)23(21(27)28-18)12-6-11-19(24)22-16-8-3-2-4-9-16/h2-5,7-10,13-14H,6,11-12H2,1H3,(H,22,24). The van der Waals surface area contributed by atoms with Gasteiger partial charge in [-0.2, -0.15) is 0 Å². The molecule has 1 aliphatic heterocycles. The van der Waals surface area contributed by atoms with E-state index in [1.54, 1.807) is 12.0 Å². The second kappa shape index (κ2) is 9.52. The molecule has 1 heterocycles. The number of anilines is 1. The summed E-state index contributed by atoms with van der Waals surface area (Å²) in [5.74, 6) is 0.526. The zero-order valence-electron chi connectivity index (χ0n) is 15.4. The van der Waals surface area contributed by atoms with E-state index in [-0.39, 0.29) is 11.8 Å². The molecule has 1 N–H and O–H groups in total. The Morgan fingerprint density at radius 2 is 2.00 bits per heavy atom. The van der Waals surface area contributed by atoms with Crippen LogP contribution in [-0.4, -0.2) is 34.7 Å². The Labute approximate surface area is 173 Å². The maximum Gasteiger partial charge on any atom is 0.266 e. The number of thiocarbonyl (C=S) groups is 1. The van der Waals surface area contributed by atoms with Crippen LogP contribution in [0.4, 0.5) is 5.69 Å². The van der Waals surface area contributed by atoms with Gasteiger partial charge < -0.3 is 10.1 Å². The topological polar surface area (TPSA) is 58.6 Å². The van der Waals surface area contributed by atoms with Crippen molar-refractivity contribution in [3.05, 3.63) is 65.1 Å². The Hall–Kier alpha value is -2.64. The Kier molecular flexibility index (Phi) is 6.84. The number of nitrogens with one attached hydrogen (secondary N) is 1. The van der Waals surface area contributed by atoms with Gasteiger partial charge in [0.05, 0.1) is 12.0 Å². The number of benzene rings is 2. The Morgan fingerprint density at radius 1 is 1.21 bits per heavy atom. The van der Waals surface area contributed by atoms with Gasteiger partial charge in [-0.15, -0.1) is 0 Å². The first kappa shape index (κ1) is 20.1. The third kappa shape index (κ3) is 5.21. The summed E-state index contributed by atoms with van der Waals surface area (Å²) in [6.07, 6.45) is 2.67. The van der Waals surface area contributed by atoms with Gasteiger partial charge >= 0.3 is 0 Å². The molecule has 0 saturated carbocycles. The van der Waals surface area contributed by atoms with Crippen molar-refractivity contribution in [2.75, 3.05) is 19.0 Å². The van der Waals surface area contributed by atoms with Crippen molar-refractivity contribution in [3.8, 4) is 5.75 Å². The number of methoxy groups -OCH3 is 1. The van der Waals surface area contributed by atoms with E-state index < -0.39 is 0 Å². The first-order valence-corrected chi connectivity index (χ1v) is 10.0. The molecule has 1 saturated heterocycles. The molecule has 1 fully saturated rings. The number of thioether (sulfide) groups is 1. The van der Waals surface area contributed by atoms with Crippen LogP contribution in [0.2, 0.25) is 0 Å². The zero-order chi connectivity index (χ0) is 19.9. The largest absolute Gasteiger partial charge is 0.497 e. The van der Waals surface area contributed by atoms with E-state index in [1.165, 1.54) is 11.8 Å². The molecule has 7 heteroatoms. The van der Waals surface area contributed by atoms with Crippen LogP contribution in [0, 0.1) is 0 Å². The van der Waals surface area contributed by atoms with Gasteiger partial charge in [-0.25, -0.2) is 0 Å². The summed E-state index contributed by atoms with van der Waals surface area (Å²) in [6, 6.07) is 16.8. The van der Waals surface area contributed by atoms with E-state index in [0.717, 1.165) is 17.0 Å². The average Bonchev–Trinajstić information content (AvgIpc) is 2.96. The maximum atomic E-state index is 12.7. The molecule has 28 heavy (non-hydrogen) atoms. The molecule has 2 amide bonds. The quantitative estimate of drug-likeness (QED) is 0.542. The van der Waals surface area contributed by atoms with Crippen molar-refractivity contribution in [3.63, 3.8) is 0 Å². The normalized spacial score (nSPS) is 15.2. The molecular weight excluding hydrogens is 392 g/mol. The molecule has 1 aliphatic rings. The van der Waals surface area contributed by atoms with E-state index >= 15 is 0 Å². The van der Waals surface area contributed by atoms with Gasteiger partial charge in [-0.1, -0.05) is 54.3 Å². The van der Waals surface area contributed by atoms with E-state index in [9.17, 15) is 9.59 Å². The van der Waals surface area contributed by atoms with Crippen LogP contribution >= 0.6 is 24.0 Å². The van der Waals surface area contributed by atoms with Crippen LogP contribution in [0.25, 0.3) is 6.08 Å². The summed E-state index contributed by atoms with van der Waals surface area (Å²) in [5.41, 5.74) is 1.64. The van der Waals surface area contributed by atoms with Crippen LogP contribution < -0.4 is 10.1 Å². The zero-order valence-corrected chi connectivity index (χ0v) is 17.0. The third-order valence-electron chi connectivity index (χ3n) is 4.11. The molecule has 2 aromatic rings. The predicted molar refractivity (Wildman–Crippen MR) is 117 cm³/mol. The molecule has 0 spiro atoms. The lowest BCUT2D eigenvalue weighted by Gasteiger charge is -2.14. The highest BCUT2D eigenvalue weighted by molar-refractivity contribution is 8.26. The lowest BCUT2D eigenvalue weighted by Crippen LogP contribution is -2.29. The predicted octanol–water partition coefficient (Wildman–Crippen LogP) is 4.32.